The Bertz CT molecular complexity index is 1570. The molecule has 0 spiro atoms. The second-order valence-corrected chi connectivity index (χ2v) is 10.0. The Labute approximate surface area is 236 Å². The Kier molecular flexibility index (Phi) is 9.14. The van der Waals surface area contributed by atoms with Crippen molar-refractivity contribution in [2.24, 2.45) is 5.10 Å². The van der Waals surface area contributed by atoms with Crippen LogP contribution in [0.2, 0.25) is 10.0 Å². The maximum absolute atomic E-state index is 13.7. The number of benzene rings is 3. The summed E-state index contributed by atoms with van der Waals surface area (Å²) >= 11 is 16.1. The van der Waals surface area contributed by atoms with E-state index in [1.165, 1.54) is 29.1 Å². The van der Waals surface area contributed by atoms with Gasteiger partial charge in [0, 0.05) is 10.9 Å². The van der Waals surface area contributed by atoms with Crippen molar-refractivity contribution in [1.29, 1.82) is 0 Å². The summed E-state index contributed by atoms with van der Waals surface area (Å²) in [6.45, 7) is 1.62. The fourth-order valence-corrected chi connectivity index (χ4v) is 4.59. The molecule has 0 aliphatic heterocycles. The minimum Gasteiger partial charge on any atom is -0.481 e. The average Bonchev–Trinajstić information content (AvgIpc) is 2.88. The Hall–Kier alpha value is -3.27. The molecular formula is C27H22BrCl2FN4O3. The van der Waals surface area contributed by atoms with Gasteiger partial charge in [0.25, 0.3) is 11.5 Å². The maximum atomic E-state index is 13.7. The molecule has 0 saturated carbocycles. The predicted molar refractivity (Wildman–Crippen MR) is 152 cm³/mol. The molecule has 1 N–H and O–H groups in total. The molecule has 1 aromatic heterocycles. The van der Waals surface area contributed by atoms with E-state index in [2.05, 4.69) is 38.3 Å². The zero-order chi connectivity index (χ0) is 27.2. The lowest BCUT2D eigenvalue weighted by molar-refractivity contribution is -0.118. The highest BCUT2D eigenvalue weighted by molar-refractivity contribution is 9.10. The third-order valence-corrected chi connectivity index (χ3v) is 6.52. The number of carbonyl (C=O) groups excluding carboxylic acids is 1. The second kappa shape index (κ2) is 12.5. The summed E-state index contributed by atoms with van der Waals surface area (Å²) in [5.74, 6) is -0.512. The van der Waals surface area contributed by atoms with Crippen LogP contribution in [0.3, 0.4) is 0 Å². The first-order valence-electron chi connectivity index (χ1n) is 11.7. The highest BCUT2D eigenvalue weighted by Gasteiger charge is 2.14. The molecule has 1 amide bonds. The molecule has 38 heavy (non-hydrogen) atoms. The Morgan fingerprint density at radius 1 is 1.18 bits per heavy atom. The number of hydrogen-bond donors (Lipinski definition) is 1. The number of halogens is 4. The molecule has 4 aromatic rings. The zero-order valence-electron chi connectivity index (χ0n) is 20.2. The van der Waals surface area contributed by atoms with Gasteiger partial charge < -0.3 is 10.1 Å². The summed E-state index contributed by atoms with van der Waals surface area (Å²) in [6.07, 6.45) is 3.81. The minimum absolute atomic E-state index is 0.0361. The molecule has 4 rings (SSSR count). The lowest BCUT2D eigenvalue weighted by atomic mass is 10.2. The van der Waals surface area contributed by atoms with Crippen LogP contribution < -0.4 is 15.6 Å². The first-order chi connectivity index (χ1) is 18.3. The molecule has 7 nitrogen and oxygen atoms in total. The minimum atomic E-state index is -0.581. The average molecular weight is 620 g/mol. The van der Waals surface area contributed by atoms with Gasteiger partial charge in [0.05, 0.1) is 32.9 Å². The molecule has 0 radical (unpaired) electrons. The molecule has 1 heterocycles. The van der Waals surface area contributed by atoms with Gasteiger partial charge in [0.1, 0.15) is 11.6 Å². The third kappa shape index (κ3) is 6.59. The molecule has 0 aliphatic carbocycles. The second-order valence-electron chi connectivity index (χ2n) is 8.28. The molecule has 0 atom stereocenters. The van der Waals surface area contributed by atoms with Gasteiger partial charge in [0.2, 0.25) is 0 Å². The molecule has 0 fully saturated rings. The van der Waals surface area contributed by atoms with Gasteiger partial charge in [-0.15, -0.1) is 0 Å². The number of amides is 1. The van der Waals surface area contributed by atoms with Crippen LogP contribution in [0.5, 0.6) is 5.75 Å². The van der Waals surface area contributed by atoms with Gasteiger partial charge in [-0.3, -0.25) is 9.59 Å². The number of nitrogens with one attached hydrogen (secondary N) is 1. The summed E-state index contributed by atoms with van der Waals surface area (Å²) in [7, 11) is 0. The smallest absolute Gasteiger partial charge is 0.282 e. The SMILES string of the molecule is CCCCc1nc2ccc(Br)cc2c(=O)n1N=Cc1cc(Cl)c(OCC(=O)Nc2ccccc2F)c(Cl)c1. The summed E-state index contributed by atoms with van der Waals surface area (Å²) in [4.78, 5) is 30.1. The van der Waals surface area contributed by atoms with Crippen LogP contribution in [0.4, 0.5) is 10.1 Å². The predicted octanol–water partition coefficient (Wildman–Crippen LogP) is 6.85. The van der Waals surface area contributed by atoms with Crippen LogP contribution in [0.25, 0.3) is 10.9 Å². The summed E-state index contributed by atoms with van der Waals surface area (Å²) in [5.41, 5.74) is 0.846. The van der Waals surface area contributed by atoms with Gasteiger partial charge >= 0.3 is 0 Å². The van der Waals surface area contributed by atoms with E-state index in [4.69, 9.17) is 27.9 Å². The summed E-state index contributed by atoms with van der Waals surface area (Å²) in [5, 5.41) is 7.52. The number of unbranched alkanes of at least 4 members (excludes halogenated alkanes) is 1. The molecule has 196 valence electrons. The first kappa shape index (κ1) is 27.8. The van der Waals surface area contributed by atoms with Gasteiger partial charge in [-0.05, 0) is 54.4 Å². The number of anilines is 1. The van der Waals surface area contributed by atoms with E-state index in [1.807, 2.05) is 6.07 Å². The normalized spacial score (nSPS) is 11.3. The van der Waals surface area contributed by atoms with Crippen molar-refractivity contribution in [3.63, 3.8) is 0 Å². The number of para-hydroxylation sites is 1. The Morgan fingerprint density at radius 3 is 2.63 bits per heavy atom. The van der Waals surface area contributed by atoms with Gasteiger partial charge in [0.15, 0.2) is 12.4 Å². The van der Waals surface area contributed by atoms with Gasteiger partial charge in [-0.2, -0.15) is 9.78 Å². The molecule has 0 bridgehead atoms. The fourth-order valence-electron chi connectivity index (χ4n) is 3.61. The number of aromatic nitrogens is 2. The van der Waals surface area contributed by atoms with E-state index in [9.17, 15) is 14.0 Å². The number of nitrogens with zero attached hydrogens (tertiary/aromatic N) is 3. The monoisotopic (exact) mass is 618 g/mol. The van der Waals surface area contributed by atoms with E-state index in [-0.39, 0.29) is 27.0 Å². The van der Waals surface area contributed by atoms with Gasteiger partial charge in [-0.25, -0.2) is 9.37 Å². The Morgan fingerprint density at radius 2 is 1.92 bits per heavy atom. The van der Waals surface area contributed by atoms with Crippen molar-refractivity contribution in [2.75, 3.05) is 11.9 Å². The van der Waals surface area contributed by atoms with Crippen LogP contribution in [0.15, 0.2) is 69.0 Å². The third-order valence-electron chi connectivity index (χ3n) is 5.47. The van der Waals surface area contributed by atoms with E-state index in [1.54, 1.807) is 30.3 Å². The number of aryl methyl sites for hydroxylation is 1. The van der Waals surface area contributed by atoms with E-state index in [0.717, 1.165) is 17.3 Å². The lowest BCUT2D eigenvalue weighted by Gasteiger charge is -2.12. The summed E-state index contributed by atoms with van der Waals surface area (Å²) in [6, 6.07) is 14.2. The lowest BCUT2D eigenvalue weighted by Crippen LogP contribution is -2.22. The first-order valence-corrected chi connectivity index (χ1v) is 13.2. The van der Waals surface area contributed by atoms with Crippen LogP contribution in [0, 0.1) is 5.82 Å². The van der Waals surface area contributed by atoms with Crippen molar-refractivity contribution >= 4 is 67.8 Å². The number of ether oxygens (including phenoxy) is 1. The highest BCUT2D eigenvalue weighted by Crippen LogP contribution is 2.34. The number of fused-ring (bicyclic) bond motifs is 1. The molecule has 0 saturated heterocycles. The quantitative estimate of drug-likeness (QED) is 0.208. The molecule has 11 heteroatoms. The van der Waals surface area contributed by atoms with Crippen molar-refractivity contribution in [1.82, 2.24) is 9.66 Å². The number of rotatable bonds is 9. The zero-order valence-corrected chi connectivity index (χ0v) is 23.3. The van der Waals surface area contributed by atoms with Crippen molar-refractivity contribution in [2.45, 2.75) is 26.2 Å². The van der Waals surface area contributed by atoms with E-state index in [0.29, 0.717) is 28.7 Å². The van der Waals surface area contributed by atoms with Crippen LogP contribution >= 0.6 is 39.1 Å². The topological polar surface area (TPSA) is 85.6 Å². The number of carbonyl (C=O) groups is 1. The molecule has 0 aliphatic rings. The maximum Gasteiger partial charge on any atom is 0.282 e. The summed E-state index contributed by atoms with van der Waals surface area (Å²) < 4.78 is 21.3. The highest BCUT2D eigenvalue weighted by atomic mass is 79.9. The van der Waals surface area contributed by atoms with Gasteiger partial charge in [-0.1, -0.05) is 64.6 Å². The Balaban J connectivity index is 1.56. The standard InChI is InChI=1S/C27H22BrCl2FN4O3/c1-2-3-8-24-33-22-10-9-17(28)13-18(22)27(37)35(24)32-14-16-11-19(29)26(20(30)12-16)38-15-25(36)34-23-7-5-4-6-21(23)31/h4-7,9-14H,2-3,8,15H2,1H3,(H,34,36). The molecule has 0 unspecified atom stereocenters. The van der Waals surface area contributed by atoms with Crippen LogP contribution in [-0.4, -0.2) is 28.4 Å². The number of hydrogen-bond acceptors (Lipinski definition) is 5. The van der Waals surface area contributed by atoms with Crippen LogP contribution in [0.1, 0.15) is 31.2 Å². The van der Waals surface area contributed by atoms with E-state index < -0.39 is 18.3 Å². The van der Waals surface area contributed by atoms with Crippen molar-refractivity contribution in [3.8, 4) is 5.75 Å². The van der Waals surface area contributed by atoms with Crippen molar-refractivity contribution in [3.05, 3.63) is 96.7 Å². The van der Waals surface area contributed by atoms with E-state index >= 15 is 0 Å². The molecular weight excluding hydrogens is 598 g/mol. The fraction of sp³-hybridized carbons (Fsp3) is 0.185. The van der Waals surface area contributed by atoms with Crippen molar-refractivity contribution < 1.29 is 13.9 Å². The largest absolute Gasteiger partial charge is 0.481 e. The molecule has 3 aromatic carbocycles. The van der Waals surface area contributed by atoms with Crippen LogP contribution in [-0.2, 0) is 11.2 Å².